The van der Waals surface area contributed by atoms with Crippen molar-refractivity contribution in [2.45, 2.75) is 32.0 Å². The van der Waals surface area contributed by atoms with Crippen LogP contribution in [-0.4, -0.2) is 44.9 Å². The van der Waals surface area contributed by atoms with Gasteiger partial charge in [0.2, 0.25) is 0 Å². The van der Waals surface area contributed by atoms with Crippen molar-refractivity contribution in [1.29, 1.82) is 0 Å². The molecule has 28 heavy (non-hydrogen) atoms. The molecule has 0 radical (unpaired) electrons. The normalized spacial score (nSPS) is 25.7. The molecule has 2 N–H and O–H groups in total. The minimum Gasteiger partial charge on any atom is -0.507 e. The molecule has 2 bridgehead atoms. The molecule has 3 fully saturated rings. The highest BCUT2D eigenvalue weighted by atomic mass is 19.4. The van der Waals surface area contributed by atoms with Gasteiger partial charge in [0, 0.05) is 18.0 Å². The molecule has 3 saturated heterocycles. The Morgan fingerprint density at radius 3 is 2.39 bits per heavy atom. The first-order valence-electron chi connectivity index (χ1n) is 9.39. The first kappa shape index (κ1) is 19.1. The van der Waals surface area contributed by atoms with Gasteiger partial charge in [-0.25, -0.2) is 0 Å². The van der Waals surface area contributed by atoms with Gasteiger partial charge in [0.15, 0.2) is 0 Å². The van der Waals surface area contributed by atoms with E-state index in [-0.39, 0.29) is 11.5 Å². The summed E-state index contributed by atoms with van der Waals surface area (Å²) in [4.78, 5) is 2.35. The van der Waals surface area contributed by atoms with Crippen molar-refractivity contribution in [3.63, 3.8) is 0 Å². The highest BCUT2D eigenvalue weighted by Gasteiger charge is 2.39. The minimum atomic E-state index is -4.53. The van der Waals surface area contributed by atoms with Gasteiger partial charge in [-0.1, -0.05) is 0 Å². The van der Waals surface area contributed by atoms with Crippen LogP contribution in [0, 0.1) is 18.8 Å². The van der Waals surface area contributed by atoms with Crippen molar-refractivity contribution in [1.82, 2.24) is 15.1 Å². The number of aryl methyl sites for hydroxylation is 1. The predicted molar refractivity (Wildman–Crippen MR) is 96.5 cm³/mol. The van der Waals surface area contributed by atoms with Crippen LogP contribution in [0.1, 0.15) is 35.8 Å². The summed E-state index contributed by atoms with van der Waals surface area (Å²) in [5.74, 6) is 0.0835. The predicted octanol–water partition coefficient (Wildman–Crippen LogP) is 3.55. The lowest BCUT2D eigenvalue weighted by Crippen LogP contribution is -2.49. The third-order valence-electron chi connectivity index (χ3n) is 6.00. The second-order valence-corrected chi connectivity index (χ2v) is 7.78. The van der Waals surface area contributed by atoms with Crippen LogP contribution in [0.4, 0.5) is 13.2 Å². The van der Waals surface area contributed by atoms with E-state index in [1.165, 1.54) is 6.07 Å². The van der Waals surface area contributed by atoms with Crippen LogP contribution in [0.15, 0.2) is 24.3 Å². The zero-order valence-corrected chi connectivity index (χ0v) is 15.4. The zero-order chi connectivity index (χ0) is 20.1. The van der Waals surface area contributed by atoms with Crippen molar-refractivity contribution in [2.24, 2.45) is 11.8 Å². The maximum absolute atomic E-state index is 12.8. The zero-order valence-electron chi connectivity index (χ0n) is 15.4. The quantitative estimate of drug-likeness (QED) is 0.835. The molecule has 3 aliphatic rings. The van der Waals surface area contributed by atoms with Crippen LogP contribution < -0.4 is 0 Å². The van der Waals surface area contributed by atoms with E-state index in [2.05, 4.69) is 15.1 Å². The number of aliphatic hydroxyl groups is 1. The van der Waals surface area contributed by atoms with Gasteiger partial charge in [0.1, 0.15) is 11.9 Å². The number of aromatic nitrogens is 2. The number of fused-ring (bicyclic) bond motifs is 3. The summed E-state index contributed by atoms with van der Waals surface area (Å²) in [6.45, 7) is 4.73. The largest absolute Gasteiger partial charge is 0.507 e. The number of hydrogen-bond acceptors (Lipinski definition) is 5. The van der Waals surface area contributed by atoms with Crippen molar-refractivity contribution in [3.05, 3.63) is 41.1 Å². The van der Waals surface area contributed by atoms with E-state index in [9.17, 15) is 23.4 Å². The van der Waals surface area contributed by atoms with Crippen LogP contribution in [0.25, 0.3) is 11.3 Å². The SMILES string of the molecule is Cc1cc(C(O)C2CN3CCC2CC3)nnc1-c1ccc(C(F)(F)F)cc1O. The van der Waals surface area contributed by atoms with Crippen LogP contribution in [0.2, 0.25) is 0 Å². The van der Waals surface area contributed by atoms with Crippen LogP contribution in [0.3, 0.4) is 0 Å². The number of halogens is 3. The Morgan fingerprint density at radius 1 is 1.14 bits per heavy atom. The standard InChI is InChI=1S/C20H22F3N3O2/c1-11-8-16(19(28)15-10-26-6-4-12(15)5-7-26)24-25-18(11)14-3-2-13(9-17(14)27)20(21,22)23/h2-3,8-9,12,15,19,27-28H,4-7,10H2,1H3. The first-order valence-corrected chi connectivity index (χ1v) is 9.39. The molecule has 0 saturated carbocycles. The average molecular weight is 393 g/mol. The minimum absolute atomic E-state index is 0.113. The third-order valence-corrected chi connectivity index (χ3v) is 6.00. The lowest BCUT2D eigenvalue weighted by Gasteiger charge is -2.46. The number of piperidine rings is 3. The Bertz CT molecular complexity index is 879. The molecule has 4 heterocycles. The highest BCUT2D eigenvalue weighted by Crippen LogP contribution is 2.40. The second kappa shape index (κ2) is 7.00. The summed E-state index contributed by atoms with van der Waals surface area (Å²) in [7, 11) is 0. The van der Waals surface area contributed by atoms with E-state index >= 15 is 0 Å². The molecule has 1 aromatic heterocycles. The molecule has 150 valence electrons. The van der Waals surface area contributed by atoms with E-state index in [0.717, 1.165) is 38.5 Å². The molecule has 0 spiro atoms. The lowest BCUT2D eigenvalue weighted by atomic mass is 9.75. The number of phenols is 1. The Labute approximate surface area is 160 Å². The number of hydrogen-bond donors (Lipinski definition) is 2. The van der Waals surface area contributed by atoms with Crippen LogP contribution >= 0.6 is 0 Å². The Morgan fingerprint density at radius 2 is 1.86 bits per heavy atom. The molecule has 0 amide bonds. The molecule has 2 unspecified atom stereocenters. The number of alkyl halides is 3. The van der Waals surface area contributed by atoms with E-state index in [0.29, 0.717) is 28.9 Å². The Balaban J connectivity index is 1.60. The van der Waals surface area contributed by atoms with Gasteiger partial charge in [0.05, 0.1) is 17.0 Å². The van der Waals surface area contributed by atoms with Gasteiger partial charge in [-0.3, -0.25) is 0 Å². The summed E-state index contributed by atoms with van der Waals surface area (Å²) >= 11 is 0. The van der Waals surface area contributed by atoms with Crippen LogP contribution in [-0.2, 0) is 6.18 Å². The van der Waals surface area contributed by atoms with Crippen molar-refractivity contribution in [2.75, 3.05) is 19.6 Å². The smallest absolute Gasteiger partial charge is 0.416 e. The van der Waals surface area contributed by atoms with Crippen molar-refractivity contribution in [3.8, 4) is 17.0 Å². The molecule has 5 rings (SSSR count). The van der Waals surface area contributed by atoms with E-state index in [1.807, 2.05) is 0 Å². The molecule has 3 aliphatic heterocycles. The molecule has 5 nitrogen and oxygen atoms in total. The summed E-state index contributed by atoms with van der Waals surface area (Å²) in [6.07, 6.45) is -3.10. The molecule has 1 aromatic carbocycles. The third kappa shape index (κ3) is 3.46. The number of aromatic hydroxyl groups is 1. The molecule has 2 aromatic rings. The lowest BCUT2D eigenvalue weighted by molar-refractivity contribution is -0.137. The number of rotatable bonds is 3. The fourth-order valence-electron chi connectivity index (χ4n) is 4.41. The summed E-state index contributed by atoms with van der Waals surface area (Å²) in [6, 6.07) is 4.50. The fourth-order valence-corrected chi connectivity index (χ4v) is 4.41. The number of nitrogens with zero attached hydrogens (tertiary/aromatic N) is 3. The van der Waals surface area contributed by atoms with E-state index < -0.39 is 23.6 Å². The Kier molecular flexibility index (Phi) is 4.79. The first-order chi connectivity index (χ1) is 13.2. The fraction of sp³-hybridized carbons (Fsp3) is 0.500. The van der Waals surface area contributed by atoms with Gasteiger partial charge in [-0.05, 0) is 68.6 Å². The van der Waals surface area contributed by atoms with Gasteiger partial charge in [-0.2, -0.15) is 18.3 Å². The van der Waals surface area contributed by atoms with Gasteiger partial charge in [0.25, 0.3) is 0 Å². The maximum Gasteiger partial charge on any atom is 0.416 e. The molecular formula is C20H22F3N3O2. The van der Waals surface area contributed by atoms with Crippen LogP contribution in [0.5, 0.6) is 5.75 Å². The van der Waals surface area contributed by atoms with Crippen molar-refractivity contribution < 1.29 is 23.4 Å². The van der Waals surface area contributed by atoms with E-state index in [1.54, 1.807) is 13.0 Å². The van der Waals surface area contributed by atoms with Gasteiger partial charge >= 0.3 is 6.18 Å². The summed E-state index contributed by atoms with van der Waals surface area (Å²) in [5.41, 5.74) is 0.665. The molecule has 8 heteroatoms. The second-order valence-electron chi connectivity index (χ2n) is 7.78. The van der Waals surface area contributed by atoms with E-state index in [4.69, 9.17) is 0 Å². The Hall–Kier alpha value is -2.19. The summed E-state index contributed by atoms with van der Waals surface area (Å²) < 4.78 is 38.4. The van der Waals surface area contributed by atoms with Gasteiger partial charge < -0.3 is 15.1 Å². The number of benzene rings is 1. The molecule has 2 atom stereocenters. The summed E-state index contributed by atoms with van der Waals surface area (Å²) in [5, 5.41) is 29.1. The number of aliphatic hydroxyl groups excluding tert-OH is 1. The average Bonchev–Trinajstić information content (AvgIpc) is 2.68. The highest BCUT2D eigenvalue weighted by molar-refractivity contribution is 5.69. The van der Waals surface area contributed by atoms with Crippen molar-refractivity contribution >= 4 is 0 Å². The topological polar surface area (TPSA) is 69.5 Å². The molecular weight excluding hydrogens is 371 g/mol. The molecule has 0 aliphatic carbocycles. The monoisotopic (exact) mass is 393 g/mol. The number of phenolic OH excluding ortho intramolecular Hbond substituents is 1. The van der Waals surface area contributed by atoms with Gasteiger partial charge in [-0.15, -0.1) is 5.10 Å². The maximum atomic E-state index is 12.8.